The molecule has 1 aliphatic heterocycles. The van der Waals surface area contributed by atoms with Crippen molar-refractivity contribution in [3.05, 3.63) is 93.8 Å². The highest BCUT2D eigenvalue weighted by atomic mass is 19.1. The van der Waals surface area contributed by atoms with Gasteiger partial charge in [-0.3, -0.25) is 19.7 Å². The van der Waals surface area contributed by atoms with E-state index in [2.05, 4.69) is 10.6 Å². The number of carbonyl (C=O) groups excluding carboxylic acids is 2. The Kier molecular flexibility index (Phi) is 6.30. The number of halogens is 1. The van der Waals surface area contributed by atoms with Gasteiger partial charge in [-0.1, -0.05) is 12.1 Å². The molecule has 0 atom stereocenters. The van der Waals surface area contributed by atoms with Crippen LogP contribution in [0, 0.1) is 15.9 Å². The minimum atomic E-state index is -0.540. The zero-order chi connectivity index (χ0) is 23.4. The van der Waals surface area contributed by atoms with Crippen LogP contribution in [-0.4, -0.2) is 29.8 Å². The zero-order valence-corrected chi connectivity index (χ0v) is 17.6. The maximum Gasteiger partial charge on any atom is 0.270 e. The molecule has 0 spiro atoms. The number of carbonyl (C=O) groups is 2. The number of non-ortho nitro benzene ring substituents is 1. The zero-order valence-electron chi connectivity index (χ0n) is 17.6. The number of nitro groups is 1. The Balaban J connectivity index is 1.56. The van der Waals surface area contributed by atoms with Crippen LogP contribution in [0.5, 0.6) is 0 Å². The minimum Gasteiger partial charge on any atom is -0.371 e. The first-order valence-electron chi connectivity index (χ1n) is 10.4. The highest BCUT2D eigenvalue weighted by Gasteiger charge is 2.23. The van der Waals surface area contributed by atoms with Gasteiger partial charge in [-0.2, -0.15) is 0 Å². The molecule has 0 aromatic heterocycles. The van der Waals surface area contributed by atoms with Crippen molar-refractivity contribution >= 4 is 34.6 Å². The van der Waals surface area contributed by atoms with Gasteiger partial charge in [-0.25, -0.2) is 4.39 Å². The van der Waals surface area contributed by atoms with Crippen molar-refractivity contribution < 1.29 is 18.9 Å². The van der Waals surface area contributed by atoms with Crippen LogP contribution in [0.2, 0.25) is 0 Å². The van der Waals surface area contributed by atoms with E-state index in [9.17, 15) is 24.1 Å². The van der Waals surface area contributed by atoms with Crippen molar-refractivity contribution in [1.82, 2.24) is 0 Å². The molecule has 33 heavy (non-hydrogen) atoms. The highest BCUT2D eigenvalue weighted by Crippen LogP contribution is 2.29. The van der Waals surface area contributed by atoms with E-state index in [1.165, 1.54) is 36.4 Å². The molecule has 4 rings (SSSR count). The largest absolute Gasteiger partial charge is 0.371 e. The number of hydrogen-bond donors (Lipinski definition) is 2. The molecule has 0 aliphatic carbocycles. The van der Waals surface area contributed by atoms with Crippen LogP contribution >= 0.6 is 0 Å². The molecular weight excluding hydrogens is 427 g/mol. The second-order valence-corrected chi connectivity index (χ2v) is 7.65. The van der Waals surface area contributed by atoms with Crippen molar-refractivity contribution in [2.24, 2.45) is 0 Å². The maximum absolute atomic E-state index is 13.4. The second-order valence-electron chi connectivity index (χ2n) is 7.65. The predicted octanol–water partition coefficient (Wildman–Crippen LogP) is 4.84. The van der Waals surface area contributed by atoms with Crippen LogP contribution in [0.25, 0.3) is 0 Å². The predicted molar refractivity (Wildman–Crippen MR) is 123 cm³/mol. The lowest BCUT2D eigenvalue weighted by Gasteiger charge is -2.21. The fourth-order valence-electron chi connectivity index (χ4n) is 3.76. The molecule has 0 radical (unpaired) electrons. The second kappa shape index (κ2) is 9.47. The number of amides is 2. The van der Waals surface area contributed by atoms with Gasteiger partial charge in [0.25, 0.3) is 17.5 Å². The molecule has 2 amide bonds. The smallest absolute Gasteiger partial charge is 0.270 e. The summed E-state index contributed by atoms with van der Waals surface area (Å²) in [4.78, 5) is 38.4. The van der Waals surface area contributed by atoms with Gasteiger partial charge in [0.05, 0.1) is 16.2 Å². The molecule has 8 nitrogen and oxygen atoms in total. The maximum atomic E-state index is 13.4. The Morgan fingerprint density at radius 2 is 1.55 bits per heavy atom. The molecule has 0 saturated carbocycles. The number of hydrogen-bond acceptors (Lipinski definition) is 5. The third kappa shape index (κ3) is 5.15. The fraction of sp³-hybridized carbons (Fsp3) is 0.167. The van der Waals surface area contributed by atoms with Crippen molar-refractivity contribution in [2.45, 2.75) is 12.8 Å². The van der Waals surface area contributed by atoms with E-state index in [4.69, 9.17) is 0 Å². The number of nitrogens with zero attached hydrogens (tertiary/aromatic N) is 2. The lowest BCUT2D eigenvalue weighted by molar-refractivity contribution is -0.384. The molecule has 2 N–H and O–H groups in total. The third-order valence-corrected chi connectivity index (χ3v) is 5.35. The van der Waals surface area contributed by atoms with Crippen LogP contribution < -0.4 is 15.5 Å². The summed E-state index contributed by atoms with van der Waals surface area (Å²) in [7, 11) is 0. The molecule has 9 heteroatoms. The minimum absolute atomic E-state index is 0.175. The molecule has 1 heterocycles. The number of benzene rings is 3. The van der Waals surface area contributed by atoms with Crippen molar-refractivity contribution in [2.75, 3.05) is 28.6 Å². The SMILES string of the molecule is O=C(Nc1cccc(F)c1)c1cccc(NC(=O)c2cc([N+](=O)[O-])ccc2N2CCCC2)c1. The lowest BCUT2D eigenvalue weighted by atomic mass is 10.1. The molecule has 1 aliphatic rings. The van der Waals surface area contributed by atoms with E-state index in [0.717, 1.165) is 25.9 Å². The standard InChI is InChI=1S/C24H21FN4O4/c25-17-6-4-8-19(14-17)26-23(30)16-5-3-7-18(13-16)27-24(31)21-15-20(29(32)33)9-10-22(21)28-11-1-2-12-28/h3-10,13-15H,1-2,11-12H2,(H,26,30)(H,27,31). The summed E-state index contributed by atoms with van der Waals surface area (Å²) in [6.45, 7) is 1.54. The molecule has 1 saturated heterocycles. The van der Waals surface area contributed by atoms with Crippen molar-refractivity contribution in [3.8, 4) is 0 Å². The molecule has 1 fully saturated rings. The summed E-state index contributed by atoms with van der Waals surface area (Å²) in [6.07, 6.45) is 1.97. The van der Waals surface area contributed by atoms with E-state index in [1.807, 2.05) is 4.90 Å². The number of nitro benzene ring substituents is 1. The highest BCUT2D eigenvalue weighted by molar-refractivity contribution is 6.10. The normalized spacial score (nSPS) is 12.9. The number of anilines is 3. The van der Waals surface area contributed by atoms with Crippen LogP contribution in [-0.2, 0) is 0 Å². The average Bonchev–Trinajstić information content (AvgIpc) is 3.33. The van der Waals surface area contributed by atoms with E-state index in [-0.39, 0.29) is 16.8 Å². The van der Waals surface area contributed by atoms with Gasteiger partial charge in [0, 0.05) is 42.2 Å². The number of nitrogens with one attached hydrogen (secondary N) is 2. The summed E-state index contributed by atoms with van der Waals surface area (Å²) in [5.74, 6) is -1.45. The molecular formula is C24H21FN4O4. The molecule has 0 bridgehead atoms. The lowest BCUT2D eigenvalue weighted by Crippen LogP contribution is -2.23. The van der Waals surface area contributed by atoms with E-state index in [0.29, 0.717) is 17.1 Å². The molecule has 0 unspecified atom stereocenters. The van der Waals surface area contributed by atoms with Gasteiger partial charge >= 0.3 is 0 Å². The quantitative estimate of drug-likeness (QED) is 0.415. The summed E-state index contributed by atoms with van der Waals surface area (Å²) in [6, 6.07) is 16.0. The van der Waals surface area contributed by atoms with Gasteiger partial charge in [0.1, 0.15) is 5.82 Å². The van der Waals surface area contributed by atoms with Crippen molar-refractivity contribution in [3.63, 3.8) is 0 Å². The fourth-order valence-corrected chi connectivity index (χ4v) is 3.76. The van der Waals surface area contributed by atoms with E-state index >= 15 is 0 Å². The van der Waals surface area contributed by atoms with Crippen molar-refractivity contribution in [1.29, 1.82) is 0 Å². The van der Waals surface area contributed by atoms with Gasteiger partial charge in [0.2, 0.25) is 0 Å². The van der Waals surface area contributed by atoms with Crippen LogP contribution in [0.15, 0.2) is 66.7 Å². The van der Waals surface area contributed by atoms with Crippen LogP contribution in [0.1, 0.15) is 33.6 Å². The third-order valence-electron chi connectivity index (χ3n) is 5.35. The van der Waals surface area contributed by atoms with Gasteiger partial charge in [-0.15, -0.1) is 0 Å². The average molecular weight is 448 g/mol. The Morgan fingerprint density at radius 1 is 0.879 bits per heavy atom. The van der Waals surface area contributed by atoms with Crippen LogP contribution in [0.4, 0.5) is 27.1 Å². The summed E-state index contributed by atoms with van der Waals surface area (Å²) in [5.41, 5.74) is 1.57. The topological polar surface area (TPSA) is 105 Å². The summed E-state index contributed by atoms with van der Waals surface area (Å²) >= 11 is 0. The van der Waals surface area contributed by atoms with Gasteiger partial charge < -0.3 is 15.5 Å². The molecule has 168 valence electrons. The number of rotatable bonds is 6. The van der Waals surface area contributed by atoms with E-state index < -0.39 is 22.6 Å². The first-order valence-corrected chi connectivity index (χ1v) is 10.4. The summed E-state index contributed by atoms with van der Waals surface area (Å²) < 4.78 is 13.4. The Labute approximate surface area is 189 Å². The van der Waals surface area contributed by atoms with Gasteiger partial charge in [-0.05, 0) is 55.3 Å². The van der Waals surface area contributed by atoms with Crippen LogP contribution in [0.3, 0.4) is 0 Å². The Bertz CT molecular complexity index is 1220. The first-order chi connectivity index (χ1) is 15.9. The Hall–Kier alpha value is -4.27. The van der Waals surface area contributed by atoms with Gasteiger partial charge in [0.15, 0.2) is 0 Å². The monoisotopic (exact) mass is 448 g/mol. The first kappa shape index (κ1) is 21.9. The summed E-state index contributed by atoms with van der Waals surface area (Å²) in [5, 5.41) is 16.6. The van der Waals surface area contributed by atoms with E-state index in [1.54, 1.807) is 30.3 Å². The molecule has 3 aromatic rings. The Morgan fingerprint density at radius 3 is 2.24 bits per heavy atom. The molecule has 3 aromatic carbocycles.